The Kier molecular flexibility index (Phi) is 4.54. The van der Waals surface area contributed by atoms with Gasteiger partial charge in [0.15, 0.2) is 0 Å². The summed E-state index contributed by atoms with van der Waals surface area (Å²) >= 11 is 5.86. The van der Waals surface area contributed by atoms with Gasteiger partial charge in [0.2, 0.25) is 0 Å². The molecule has 5 heteroatoms. The van der Waals surface area contributed by atoms with Crippen LogP contribution in [-0.4, -0.2) is 6.54 Å². The van der Waals surface area contributed by atoms with E-state index in [0.29, 0.717) is 34.8 Å². The van der Waals surface area contributed by atoms with E-state index in [1.807, 2.05) is 6.07 Å². The molecule has 0 saturated heterocycles. The lowest BCUT2D eigenvalue weighted by Gasteiger charge is -2.09. The van der Waals surface area contributed by atoms with Crippen molar-refractivity contribution in [2.45, 2.75) is 6.42 Å². The third-order valence-corrected chi connectivity index (χ3v) is 2.99. The van der Waals surface area contributed by atoms with Gasteiger partial charge in [-0.25, -0.2) is 8.78 Å². The lowest BCUT2D eigenvalue weighted by molar-refractivity contribution is 0.580. The Morgan fingerprint density at radius 1 is 1.10 bits per heavy atom. The summed E-state index contributed by atoms with van der Waals surface area (Å²) in [6.07, 6.45) is 0.437. The van der Waals surface area contributed by atoms with Gasteiger partial charge in [0.05, 0.1) is 11.3 Å². The number of benzene rings is 2. The van der Waals surface area contributed by atoms with Crippen LogP contribution in [0.25, 0.3) is 0 Å². The Morgan fingerprint density at radius 3 is 2.45 bits per heavy atom. The Bertz CT molecular complexity index is 645. The van der Waals surface area contributed by atoms with E-state index in [4.69, 9.17) is 16.9 Å². The first-order chi connectivity index (χ1) is 9.58. The lowest BCUT2D eigenvalue weighted by Crippen LogP contribution is -2.06. The number of nitrogens with zero attached hydrogens (tertiary/aromatic N) is 1. The first-order valence-corrected chi connectivity index (χ1v) is 6.35. The molecule has 2 rings (SSSR count). The van der Waals surface area contributed by atoms with Crippen LogP contribution in [0.4, 0.5) is 14.5 Å². The Hall–Kier alpha value is -2.12. The Morgan fingerprint density at radius 2 is 1.80 bits per heavy atom. The van der Waals surface area contributed by atoms with Gasteiger partial charge < -0.3 is 5.32 Å². The maximum Gasteiger partial charge on any atom is 0.126 e. The van der Waals surface area contributed by atoms with E-state index in [2.05, 4.69) is 5.32 Å². The van der Waals surface area contributed by atoms with Gasteiger partial charge in [-0.05, 0) is 42.3 Å². The molecular formula is C15H11ClF2N2. The second-order valence-corrected chi connectivity index (χ2v) is 4.69. The van der Waals surface area contributed by atoms with E-state index in [9.17, 15) is 8.78 Å². The van der Waals surface area contributed by atoms with E-state index in [0.717, 1.165) is 6.07 Å². The molecule has 0 unspecified atom stereocenters. The molecule has 0 heterocycles. The first-order valence-electron chi connectivity index (χ1n) is 5.97. The predicted molar refractivity (Wildman–Crippen MR) is 74.7 cm³/mol. The van der Waals surface area contributed by atoms with Crippen LogP contribution >= 0.6 is 11.6 Å². The van der Waals surface area contributed by atoms with Crippen molar-refractivity contribution in [2.75, 3.05) is 11.9 Å². The largest absolute Gasteiger partial charge is 0.384 e. The zero-order chi connectivity index (χ0) is 14.5. The summed E-state index contributed by atoms with van der Waals surface area (Å²) in [5.41, 5.74) is 1.63. The van der Waals surface area contributed by atoms with Crippen molar-refractivity contribution in [1.29, 1.82) is 5.26 Å². The van der Waals surface area contributed by atoms with Crippen molar-refractivity contribution >= 4 is 17.3 Å². The van der Waals surface area contributed by atoms with Crippen molar-refractivity contribution in [3.63, 3.8) is 0 Å². The van der Waals surface area contributed by atoms with E-state index in [1.54, 1.807) is 18.2 Å². The number of nitriles is 1. The molecule has 0 aliphatic rings. The molecule has 0 atom stereocenters. The van der Waals surface area contributed by atoms with E-state index in [-0.39, 0.29) is 0 Å². The Labute approximate surface area is 120 Å². The van der Waals surface area contributed by atoms with E-state index in [1.165, 1.54) is 12.1 Å². The van der Waals surface area contributed by atoms with Crippen molar-refractivity contribution in [3.8, 4) is 6.07 Å². The average molecular weight is 293 g/mol. The fourth-order valence-electron chi connectivity index (χ4n) is 1.86. The summed E-state index contributed by atoms with van der Waals surface area (Å²) in [7, 11) is 0. The molecule has 0 amide bonds. The quantitative estimate of drug-likeness (QED) is 0.919. The molecule has 2 aromatic rings. The Balaban J connectivity index is 2.03. The second-order valence-electron chi connectivity index (χ2n) is 4.26. The molecule has 0 saturated carbocycles. The smallest absolute Gasteiger partial charge is 0.126 e. The minimum Gasteiger partial charge on any atom is -0.384 e. The van der Waals surface area contributed by atoms with Crippen molar-refractivity contribution in [2.24, 2.45) is 0 Å². The lowest BCUT2D eigenvalue weighted by atomic mass is 10.1. The average Bonchev–Trinajstić information content (AvgIpc) is 2.38. The molecular weight excluding hydrogens is 282 g/mol. The number of rotatable bonds is 4. The van der Waals surface area contributed by atoms with E-state index < -0.39 is 11.6 Å². The van der Waals surface area contributed by atoms with Gasteiger partial charge in [0, 0.05) is 17.6 Å². The normalized spacial score (nSPS) is 10.1. The minimum atomic E-state index is -0.597. The highest BCUT2D eigenvalue weighted by Crippen LogP contribution is 2.20. The number of anilines is 1. The molecule has 0 aromatic heterocycles. The van der Waals surface area contributed by atoms with Crippen molar-refractivity contribution in [3.05, 3.63) is 64.2 Å². The third kappa shape index (κ3) is 3.69. The maximum absolute atomic E-state index is 13.0. The number of hydrogen-bond donors (Lipinski definition) is 1. The van der Waals surface area contributed by atoms with Crippen LogP contribution in [0.3, 0.4) is 0 Å². The van der Waals surface area contributed by atoms with Gasteiger partial charge in [-0.1, -0.05) is 11.6 Å². The predicted octanol–water partition coefficient (Wildman–Crippen LogP) is 4.14. The standard InChI is InChI=1S/C15H11ClF2N2/c16-12-2-1-11(9-19)15(7-12)20-4-3-10-5-13(17)8-14(18)6-10/h1-2,5-8,20H,3-4H2. The summed E-state index contributed by atoms with van der Waals surface area (Å²) in [4.78, 5) is 0. The highest BCUT2D eigenvalue weighted by atomic mass is 35.5. The molecule has 20 heavy (non-hydrogen) atoms. The molecule has 0 spiro atoms. The number of halogens is 3. The topological polar surface area (TPSA) is 35.8 Å². The summed E-state index contributed by atoms with van der Waals surface area (Å²) in [5, 5.41) is 12.5. The van der Waals surface area contributed by atoms with Gasteiger partial charge in [-0.3, -0.25) is 0 Å². The van der Waals surface area contributed by atoms with Crippen LogP contribution in [-0.2, 0) is 6.42 Å². The molecule has 0 aliphatic heterocycles. The molecule has 1 N–H and O–H groups in total. The second kappa shape index (κ2) is 6.36. The van der Waals surface area contributed by atoms with Gasteiger partial charge in [0.1, 0.15) is 17.7 Å². The molecule has 0 bridgehead atoms. The van der Waals surface area contributed by atoms with Crippen LogP contribution in [0, 0.1) is 23.0 Å². The van der Waals surface area contributed by atoms with Gasteiger partial charge in [-0.2, -0.15) is 5.26 Å². The SMILES string of the molecule is N#Cc1ccc(Cl)cc1NCCc1cc(F)cc(F)c1. The fourth-order valence-corrected chi connectivity index (χ4v) is 2.03. The molecule has 2 aromatic carbocycles. The van der Waals surface area contributed by atoms with Crippen molar-refractivity contribution < 1.29 is 8.78 Å². The van der Waals surface area contributed by atoms with Crippen LogP contribution in [0.2, 0.25) is 5.02 Å². The third-order valence-electron chi connectivity index (χ3n) is 2.75. The molecule has 0 radical (unpaired) electrons. The maximum atomic E-state index is 13.0. The van der Waals surface area contributed by atoms with Crippen LogP contribution in [0.15, 0.2) is 36.4 Å². The first kappa shape index (κ1) is 14.3. The van der Waals surface area contributed by atoms with Gasteiger partial charge >= 0.3 is 0 Å². The zero-order valence-electron chi connectivity index (χ0n) is 10.5. The molecule has 0 fully saturated rings. The van der Waals surface area contributed by atoms with Gasteiger partial charge in [-0.15, -0.1) is 0 Å². The zero-order valence-corrected chi connectivity index (χ0v) is 11.2. The monoisotopic (exact) mass is 292 g/mol. The van der Waals surface area contributed by atoms with Crippen LogP contribution in [0.1, 0.15) is 11.1 Å². The minimum absolute atomic E-state index is 0.437. The summed E-state index contributed by atoms with van der Waals surface area (Å²) in [6, 6.07) is 10.3. The molecule has 102 valence electrons. The summed E-state index contributed by atoms with van der Waals surface area (Å²) < 4.78 is 26.1. The van der Waals surface area contributed by atoms with Crippen LogP contribution < -0.4 is 5.32 Å². The van der Waals surface area contributed by atoms with E-state index >= 15 is 0 Å². The number of hydrogen-bond acceptors (Lipinski definition) is 2. The van der Waals surface area contributed by atoms with Gasteiger partial charge in [0.25, 0.3) is 0 Å². The summed E-state index contributed by atoms with van der Waals surface area (Å²) in [5.74, 6) is -1.19. The highest BCUT2D eigenvalue weighted by molar-refractivity contribution is 6.30. The summed E-state index contributed by atoms with van der Waals surface area (Å²) in [6.45, 7) is 0.442. The van der Waals surface area contributed by atoms with Crippen LogP contribution in [0.5, 0.6) is 0 Å². The highest BCUT2D eigenvalue weighted by Gasteiger charge is 2.04. The molecule has 0 aliphatic carbocycles. The molecule has 2 nitrogen and oxygen atoms in total. The fraction of sp³-hybridized carbons (Fsp3) is 0.133. The number of nitrogens with one attached hydrogen (secondary N) is 1. The van der Waals surface area contributed by atoms with Crippen molar-refractivity contribution in [1.82, 2.24) is 0 Å².